The Balaban J connectivity index is 1.61. The molecule has 0 saturated carbocycles. The number of amides is 1. The summed E-state index contributed by atoms with van der Waals surface area (Å²) < 4.78 is 0. The number of anilines is 1. The number of hydrogen-bond acceptors (Lipinski definition) is 4. The zero-order chi connectivity index (χ0) is 16.2. The number of thiazole rings is 1. The second kappa shape index (κ2) is 7.23. The Bertz CT molecular complexity index is 672. The molecule has 0 radical (unpaired) electrons. The molecule has 1 aliphatic heterocycles. The molecule has 122 valence electrons. The molecule has 3 rings (SSSR count). The average molecular weight is 329 g/mol. The number of benzene rings is 1. The summed E-state index contributed by atoms with van der Waals surface area (Å²) in [4.78, 5) is 17.8. The maximum absolute atomic E-state index is 12.1. The summed E-state index contributed by atoms with van der Waals surface area (Å²) in [5.74, 6) is 0.711. The average Bonchev–Trinajstić information content (AvgIpc) is 3.16. The van der Waals surface area contributed by atoms with E-state index in [0.29, 0.717) is 17.5 Å². The third-order valence-electron chi connectivity index (χ3n) is 4.31. The smallest absolute Gasteiger partial charge is 0.226 e. The highest BCUT2D eigenvalue weighted by molar-refractivity contribution is 7.16. The molecule has 2 N–H and O–H groups in total. The topological polar surface area (TPSA) is 54.0 Å². The van der Waals surface area contributed by atoms with Gasteiger partial charge in [-0.1, -0.05) is 29.8 Å². The first-order valence-corrected chi connectivity index (χ1v) is 8.98. The second-order valence-corrected chi connectivity index (χ2v) is 7.44. The highest BCUT2D eigenvalue weighted by Crippen LogP contribution is 2.30. The Morgan fingerprint density at radius 1 is 1.35 bits per heavy atom. The maximum atomic E-state index is 12.1. The van der Waals surface area contributed by atoms with Crippen molar-refractivity contribution in [2.24, 2.45) is 5.92 Å². The second-order valence-electron chi connectivity index (χ2n) is 6.24. The van der Waals surface area contributed by atoms with E-state index in [9.17, 15) is 4.79 Å². The molecule has 1 aromatic carbocycles. The number of nitrogens with one attached hydrogen (secondary N) is 2. The third kappa shape index (κ3) is 4.18. The van der Waals surface area contributed by atoms with Gasteiger partial charge >= 0.3 is 0 Å². The normalized spacial score (nSPS) is 17.4. The highest BCUT2D eigenvalue weighted by atomic mass is 32.1. The van der Waals surface area contributed by atoms with Crippen molar-refractivity contribution >= 4 is 22.4 Å². The number of aromatic nitrogens is 1. The van der Waals surface area contributed by atoms with Crippen LogP contribution >= 0.6 is 11.3 Å². The van der Waals surface area contributed by atoms with Gasteiger partial charge < -0.3 is 10.6 Å². The van der Waals surface area contributed by atoms with Gasteiger partial charge in [0.2, 0.25) is 5.91 Å². The van der Waals surface area contributed by atoms with Crippen molar-refractivity contribution in [3.05, 3.63) is 34.7 Å². The molecule has 1 aromatic heterocycles. The number of aryl methyl sites for hydroxylation is 2. The largest absolute Gasteiger partial charge is 0.316 e. The number of carbonyl (C=O) groups is 1. The Labute approximate surface area is 141 Å². The van der Waals surface area contributed by atoms with Gasteiger partial charge in [-0.05, 0) is 45.7 Å². The van der Waals surface area contributed by atoms with E-state index in [1.54, 1.807) is 11.3 Å². The fourth-order valence-corrected chi connectivity index (χ4v) is 3.76. The fraction of sp³-hybridized carbons (Fsp3) is 0.444. The van der Waals surface area contributed by atoms with Gasteiger partial charge in [0.25, 0.3) is 0 Å². The van der Waals surface area contributed by atoms with Crippen molar-refractivity contribution in [1.82, 2.24) is 10.3 Å². The standard InChI is InChI=1S/C18H23N3OS/c1-12-3-6-15(7-4-12)17-13(2)23-18(21-17)20-16(22)8-5-14-9-10-19-11-14/h3-4,6-7,14,19H,5,8-11H2,1-2H3,(H,20,21,22). The van der Waals surface area contributed by atoms with Crippen molar-refractivity contribution in [1.29, 1.82) is 0 Å². The SMILES string of the molecule is Cc1ccc(-c2nc(NC(=O)CCC3CCNC3)sc2C)cc1. The van der Waals surface area contributed by atoms with Crippen LogP contribution < -0.4 is 10.6 Å². The molecule has 1 amide bonds. The van der Waals surface area contributed by atoms with Crippen molar-refractivity contribution in [3.8, 4) is 11.3 Å². The van der Waals surface area contributed by atoms with E-state index in [1.807, 2.05) is 6.92 Å². The summed E-state index contributed by atoms with van der Waals surface area (Å²) in [6.45, 7) is 6.25. The quantitative estimate of drug-likeness (QED) is 0.878. The fourth-order valence-electron chi connectivity index (χ4n) is 2.91. The minimum absolute atomic E-state index is 0.0705. The minimum atomic E-state index is 0.0705. The summed E-state index contributed by atoms with van der Waals surface area (Å²) in [5.41, 5.74) is 3.30. The molecule has 23 heavy (non-hydrogen) atoms. The molecule has 0 aliphatic carbocycles. The molecular formula is C18H23N3OS. The van der Waals surface area contributed by atoms with Crippen molar-refractivity contribution in [2.75, 3.05) is 18.4 Å². The molecule has 2 aromatic rings. The van der Waals surface area contributed by atoms with E-state index in [0.717, 1.165) is 35.6 Å². The zero-order valence-corrected chi connectivity index (χ0v) is 14.5. The molecule has 4 nitrogen and oxygen atoms in total. The summed E-state index contributed by atoms with van der Waals surface area (Å²) in [5, 5.41) is 6.99. The molecule has 1 unspecified atom stereocenters. The number of hydrogen-bond donors (Lipinski definition) is 2. The molecule has 0 bridgehead atoms. The van der Waals surface area contributed by atoms with Gasteiger partial charge in [0.15, 0.2) is 5.13 Å². The van der Waals surface area contributed by atoms with E-state index < -0.39 is 0 Å². The maximum Gasteiger partial charge on any atom is 0.226 e. The lowest BCUT2D eigenvalue weighted by atomic mass is 10.0. The van der Waals surface area contributed by atoms with Gasteiger partial charge in [0.1, 0.15) is 0 Å². The first-order chi connectivity index (χ1) is 11.1. The van der Waals surface area contributed by atoms with Crippen LogP contribution in [0.2, 0.25) is 0 Å². The molecule has 1 aliphatic rings. The first-order valence-electron chi connectivity index (χ1n) is 8.17. The van der Waals surface area contributed by atoms with Crippen LogP contribution in [0.25, 0.3) is 11.3 Å². The lowest BCUT2D eigenvalue weighted by Crippen LogP contribution is -2.14. The van der Waals surface area contributed by atoms with Crippen LogP contribution in [-0.2, 0) is 4.79 Å². The monoisotopic (exact) mass is 329 g/mol. The van der Waals surface area contributed by atoms with Gasteiger partial charge in [-0.25, -0.2) is 4.98 Å². The number of rotatable bonds is 5. The minimum Gasteiger partial charge on any atom is -0.316 e. The van der Waals surface area contributed by atoms with E-state index in [4.69, 9.17) is 0 Å². The Hall–Kier alpha value is -1.72. The van der Waals surface area contributed by atoms with Crippen LogP contribution in [0.1, 0.15) is 29.7 Å². The van der Waals surface area contributed by atoms with Crippen LogP contribution in [0.4, 0.5) is 5.13 Å². The molecule has 1 atom stereocenters. The summed E-state index contributed by atoms with van der Waals surface area (Å²) in [6, 6.07) is 8.33. The summed E-state index contributed by atoms with van der Waals surface area (Å²) in [6.07, 6.45) is 2.71. The predicted octanol–water partition coefficient (Wildman–Crippen LogP) is 3.76. The van der Waals surface area contributed by atoms with Crippen molar-refractivity contribution < 1.29 is 4.79 Å². The molecule has 5 heteroatoms. The lowest BCUT2D eigenvalue weighted by molar-refractivity contribution is -0.116. The lowest BCUT2D eigenvalue weighted by Gasteiger charge is -2.07. The Kier molecular flexibility index (Phi) is 5.08. The van der Waals surface area contributed by atoms with Gasteiger partial charge in [-0.15, -0.1) is 11.3 Å². The predicted molar refractivity (Wildman–Crippen MR) is 95.9 cm³/mol. The van der Waals surface area contributed by atoms with E-state index >= 15 is 0 Å². The number of carbonyl (C=O) groups excluding carboxylic acids is 1. The van der Waals surface area contributed by atoms with E-state index in [-0.39, 0.29) is 5.91 Å². The van der Waals surface area contributed by atoms with E-state index in [1.165, 1.54) is 12.0 Å². The summed E-state index contributed by atoms with van der Waals surface area (Å²) >= 11 is 1.54. The zero-order valence-electron chi connectivity index (χ0n) is 13.7. The van der Waals surface area contributed by atoms with Gasteiger partial charge in [-0.3, -0.25) is 4.79 Å². The Morgan fingerprint density at radius 3 is 2.83 bits per heavy atom. The van der Waals surface area contributed by atoms with Gasteiger partial charge in [-0.2, -0.15) is 0 Å². The van der Waals surface area contributed by atoms with Crippen LogP contribution in [0, 0.1) is 19.8 Å². The number of nitrogens with zero attached hydrogens (tertiary/aromatic N) is 1. The highest BCUT2D eigenvalue weighted by Gasteiger charge is 2.17. The third-order valence-corrected chi connectivity index (χ3v) is 5.20. The van der Waals surface area contributed by atoms with Crippen molar-refractivity contribution in [3.63, 3.8) is 0 Å². The van der Waals surface area contributed by atoms with Crippen LogP contribution in [0.15, 0.2) is 24.3 Å². The van der Waals surface area contributed by atoms with E-state index in [2.05, 4.69) is 46.8 Å². The van der Waals surface area contributed by atoms with Gasteiger partial charge in [0.05, 0.1) is 5.69 Å². The van der Waals surface area contributed by atoms with Crippen LogP contribution in [-0.4, -0.2) is 24.0 Å². The Morgan fingerprint density at radius 2 is 2.13 bits per heavy atom. The van der Waals surface area contributed by atoms with Crippen LogP contribution in [0.5, 0.6) is 0 Å². The molecule has 2 heterocycles. The molecular weight excluding hydrogens is 306 g/mol. The van der Waals surface area contributed by atoms with Crippen LogP contribution in [0.3, 0.4) is 0 Å². The first kappa shape index (κ1) is 16.1. The summed E-state index contributed by atoms with van der Waals surface area (Å²) in [7, 11) is 0. The molecule has 1 fully saturated rings. The van der Waals surface area contributed by atoms with Crippen molar-refractivity contribution in [2.45, 2.75) is 33.1 Å². The molecule has 0 spiro atoms. The molecule has 1 saturated heterocycles. The van der Waals surface area contributed by atoms with Gasteiger partial charge in [0, 0.05) is 16.9 Å².